The number of halogens is 1. The van der Waals surface area contributed by atoms with Gasteiger partial charge in [0.25, 0.3) is 5.56 Å². The first-order chi connectivity index (χ1) is 13.1. The fourth-order valence-electron chi connectivity index (χ4n) is 3.03. The molecule has 1 aliphatic heterocycles. The summed E-state index contributed by atoms with van der Waals surface area (Å²) >= 11 is 0. The molecule has 0 radical (unpaired) electrons. The molecule has 0 aliphatic carbocycles. The van der Waals surface area contributed by atoms with Gasteiger partial charge in [-0.2, -0.15) is 0 Å². The monoisotopic (exact) mass is 369 g/mol. The number of nitrogens with zero attached hydrogens (tertiary/aromatic N) is 5. The SMILES string of the molecule is O=C(Cn1cnc2ccccc2c1=O)N1CC[C@H](Oc2ncc(F)cn2)C1. The summed E-state index contributed by atoms with van der Waals surface area (Å²) in [7, 11) is 0. The van der Waals surface area contributed by atoms with E-state index in [1.54, 1.807) is 29.2 Å². The molecule has 1 fully saturated rings. The van der Waals surface area contributed by atoms with Crippen LogP contribution in [0.3, 0.4) is 0 Å². The van der Waals surface area contributed by atoms with Crippen LogP contribution >= 0.6 is 0 Å². The zero-order valence-electron chi connectivity index (χ0n) is 14.3. The first kappa shape index (κ1) is 17.1. The number of benzene rings is 1. The molecule has 3 heterocycles. The van der Waals surface area contributed by atoms with E-state index in [1.165, 1.54) is 10.9 Å². The zero-order valence-corrected chi connectivity index (χ0v) is 14.3. The molecule has 1 saturated heterocycles. The summed E-state index contributed by atoms with van der Waals surface area (Å²) in [5, 5.41) is 0.476. The molecule has 0 bridgehead atoms. The number of hydrogen-bond donors (Lipinski definition) is 0. The lowest BCUT2D eigenvalue weighted by molar-refractivity contribution is -0.131. The van der Waals surface area contributed by atoms with Crippen molar-refractivity contribution in [2.45, 2.75) is 19.1 Å². The lowest BCUT2D eigenvalue weighted by Crippen LogP contribution is -2.36. The fourth-order valence-corrected chi connectivity index (χ4v) is 3.03. The second-order valence-corrected chi connectivity index (χ2v) is 6.25. The highest BCUT2D eigenvalue weighted by atomic mass is 19.1. The van der Waals surface area contributed by atoms with Gasteiger partial charge in [0, 0.05) is 13.0 Å². The third kappa shape index (κ3) is 3.62. The topological polar surface area (TPSA) is 90.2 Å². The number of ether oxygens (including phenoxy) is 1. The van der Waals surface area contributed by atoms with Crippen LogP contribution in [0.4, 0.5) is 4.39 Å². The number of fused-ring (bicyclic) bond motifs is 1. The van der Waals surface area contributed by atoms with Crippen molar-refractivity contribution in [1.82, 2.24) is 24.4 Å². The number of aromatic nitrogens is 4. The summed E-state index contributed by atoms with van der Waals surface area (Å²) < 4.78 is 19.7. The number of hydrogen-bond acceptors (Lipinski definition) is 6. The highest BCUT2D eigenvalue weighted by Gasteiger charge is 2.28. The first-order valence-electron chi connectivity index (χ1n) is 8.46. The lowest BCUT2D eigenvalue weighted by atomic mass is 10.2. The Morgan fingerprint density at radius 1 is 1.22 bits per heavy atom. The quantitative estimate of drug-likeness (QED) is 0.682. The Balaban J connectivity index is 1.41. The van der Waals surface area contributed by atoms with Crippen LogP contribution in [-0.2, 0) is 11.3 Å². The van der Waals surface area contributed by atoms with E-state index in [-0.39, 0.29) is 30.1 Å². The van der Waals surface area contributed by atoms with E-state index in [2.05, 4.69) is 15.0 Å². The molecule has 2 aromatic heterocycles. The second kappa shape index (κ2) is 7.10. The Kier molecular flexibility index (Phi) is 4.49. The molecule has 27 heavy (non-hydrogen) atoms. The molecule has 4 rings (SSSR count). The van der Waals surface area contributed by atoms with Crippen molar-refractivity contribution in [1.29, 1.82) is 0 Å². The summed E-state index contributed by atoms with van der Waals surface area (Å²) in [5.74, 6) is -0.736. The van der Waals surface area contributed by atoms with Crippen molar-refractivity contribution in [3.63, 3.8) is 0 Å². The minimum atomic E-state index is -0.542. The van der Waals surface area contributed by atoms with Crippen LogP contribution in [0.2, 0.25) is 0 Å². The maximum Gasteiger partial charge on any atom is 0.316 e. The van der Waals surface area contributed by atoms with Gasteiger partial charge in [0.15, 0.2) is 5.82 Å². The van der Waals surface area contributed by atoms with Crippen LogP contribution in [0.15, 0.2) is 47.8 Å². The number of para-hydroxylation sites is 1. The van der Waals surface area contributed by atoms with E-state index in [0.717, 1.165) is 12.4 Å². The van der Waals surface area contributed by atoms with Gasteiger partial charge in [-0.05, 0) is 12.1 Å². The highest BCUT2D eigenvalue weighted by molar-refractivity contribution is 5.79. The van der Waals surface area contributed by atoms with Crippen LogP contribution in [-0.4, -0.2) is 49.5 Å². The predicted molar refractivity (Wildman–Crippen MR) is 93.6 cm³/mol. The molecule has 0 unspecified atom stereocenters. The number of rotatable bonds is 4. The molecule has 138 valence electrons. The summed E-state index contributed by atoms with van der Waals surface area (Å²) in [6.45, 7) is 0.770. The minimum Gasteiger partial charge on any atom is -0.458 e. The Bertz CT molecular complexity index is 1040. The van der Waals surface area contributed by atoms with Crippen LogP contribution in [0.25, 0.3) is 10.9 Å². The van der Waals surface area contributed by atoms with Crippen molar-refractivity contribution in [2.24, 2.45) is 0 Å². The van der Waals surface area contributed by atoms with Gasteiger partial charge in [-0.15, -0.1) is 0 Å². The van der Waals surface area contributed by atoms with Gasteiger partial charge in [0.05, 0.1) is 36.2 Å². The Hall–Kier alpha value is -3.36. The second-order valence-electron chi connectivity index (χ2n) is 6.25. The van der Waals surface area contributed by atoms with Crippen molar-refractivity contribution >= 4 is 16.8 Å². The fraction of sp³-hybridized carbons (Fsp3) is 0.278. The number of amides is 1. The van der Waals surface area contributed by atoms with E-state index in [4.69, 9.17) is 4.74 Å². The number of carbonyl (C=O) groups is 1. The first-order valence-corrected chi connectivity index (χ1v) is 8.46. The molecular formula is C18H16FN5O3. The molecule has 8 nitrogen and oxygen atoms in total. The number of carbonyl (C=O) groups excluding carboxylic acids is 1. The molecule has 1 aromatic carbocycles. The van der Waals surface area contributed by atoms with Crippen LogP contribution in [0.1, 0.15) is 6.42 Å². The van der Waals surface area contributed by atoms with Crippen LogP contribution in [0, 0.1) is 5.82 Å². The van der Waals surface area contributed by atoms with E-state index in [1.807, 2.05) is 0 Å². The van der Waals surface area contributed by atoms with Gasteiger partial charge >= 0.3 is 6.01 Å². The molecule has 0 saturated carbocycles. The normalized spacial score (nSPS) is 16.6. The van der Waals surface area contributed by atoms with Crippen molar-refractivity contribution < 1.29 is 13.9 Å². The van der Waals surface area contributed by atoms with Crippen LogP contribution in [0.5, 0.6) is 6.01 Å². The van der Waals surface area contributed by atoms with E-state index in [0.29, 0.717) is 30.4 Å². The standard InChI is InChI=1S/C18H16FN5O3/c19-12-7-20-18(21-8-12)27-13-5-6-23(9-13)16(25)10-24-11-22-15-4-2-1-3-14(15)17(24)26/h1-4,7-8,11,13H,5-6,9-10H2/t13-/m0/s1. The third-order valence-electron chi connectivity index (χ3n) is 4.40. The Morgan fingerprint density at radius 3 is 2.81 bits per heavy atom. The van der Waals surface area contributed by atoms with Gasteiger partial charge in [0.1, 0.15) is 12.6 Å². The van der Waals surface area contributed by atoms with Crippen molar-refractivity contribution in [3.05, 3.63) is 59.2 Å². The van der Waals surface area contributed by atoms with Gasteiger partial charge in [-0.3, -0.25) is 14.2 Å². The highest BCUT2D eigenvalue weighted by Crippen LogP contribution is 2.15. The zero-order chi connectivity index (χ0) is 18.8. The lowest BCUT2D eigenvalue weighted by Gasteiger charge is -2.17. The van der Waals surface area contributed by atoms with Crippen molar-refractivity contribution in [3.8, 4) is 6.01 Å². The maximum absolute atomic E-state index is 12.8. The molecule has 9 heteroatoms. The van der Waals surface area contributed by atoms with Crippen molar-refractivity contribution in [2.75, 3.05) is 13.1 Å². The average molecular weight is 369 g/mol. The molecule has 0 spiro atoms. The summed E-state index contributed by atoms with van der Waals surface area (Å²) in [6.07, 6.45) is 3.78. The maximum atomic E-state index is 12.8. The van der Waals surface area contributed by atoms with E-state index < -0.39 is 5.82 Å². The Labute approximate surface area is 153 Å². The molecule has 1 atom stereocenters. The van der Waals surface area contributed by atoms with E-state index in [9.17, 15) is 14.0 Å². The average Bonchev–Trinajstić information content (AvgIpc) is 3.15. The predicted octanol–water partition coefficient (Wildman–Crippen LogP) is 1.01. The van der Waals surface area contributed by atoms with E-state index >= 15 is 0 Å². The van der Waals surface area contributed by atoms with Gasteiger partial charge in [0.2, 0.25) is 5.91 Å². The minimum absolute atomic E-state index is 0.0747. The summed E-state index contributed by atoms with van der Waals surface area (Å²) in [4.78, 5) is 38.4. The van der Waals surface area contributed by atoms with Crippen LogP contribution < -0.4 is 10.3 Å². The van der Waals surface area contributed by atoms with Gasteiger partial charge in [-0.1, -0.05) is 12.1 Å². The molecular weight excluding hydrogens is 353 g/mol. The molecule has 3 aromatic rings. The third-order valence-corrected chi connectivity index (χ3v) is 4.40. The Morgan fingerprint density at radius 2 is 2.00 bits per heavy atom. The summed E-state index contributed by atoms with van der Waals surface area (Å²) in [5.41, 5.74) is 0.348. The largest absolute Gasteiger partial charge is 0.458 e. The summed E-state index contributed by atoms with van der Waals surface area (Å²) in [6, 6.07) is 7.08. The molecule has 1 amide bonds. The molecule has 1 aliphatic rings. The molecule has 0 N–H and O–H groups in total. The van der Waals surface area contributed by atoms with Gasteiger partial charge < -0.3 is 9.64 Å². The number of likely N-dealkylation sites (tertiary alicyclic amines) is 1. The van der Waals surface area contributed by atoms with Gasteiger partial charge in [-0.25, -0.2) is 19.3 Å². The smallest absolute Gasteiger partial charge is 0.316 e.